The molecule has 102 valence electrons. The first-order valence-corrected chi connectivity index (χ1v) is 6.74. The van der Waals surface area contributed by atoms with Gasteiger partial charge in [-0.1, -0.05) is 24.3 Å². The Kier molecular flexibility index (Phi) is 3.05. The largest absolute Gasteiger partial charge is 0.399 e. The van der Waals surface area contributed by atoms with Crippen LogP contribution in [-0.2, 0) is 16.6 Å². The highest BCUT2D eigenvalue weighted by molar-refractivity contribution is 5.94. The van der Waals surface area contributed by atoms with E-state index in [0.717, 1.165) is 24.0 Å². The highest BCUT2D eigenvalue weighted by atomic mass is 19.1. The molecule has 3 heteroatoms. The Bertz CT molecular complexity index is 627. The fourth-order valence-corrected chi connectivity index (χ4v) is 2.61. The summed E-state index contributed by atoms with van der Waals surface area (Å²) >= 11 is 0. The first-order chi connectivity index (χ1) is 9.60. The normalized spacial score (nSPS) is 15.8. The number of nitrogen functional groups attached to an aromatic ring is 1. The van der Waals surface area contributed by atoms with Gasteiger partial charge < -0.3 is 5.73 Å². The minimum atomic E-state index is -0.345. The summed E-state index contributed by atoms with van der Waals surface area (Å²) in [5, 5.41) is 0. The van der Waals surface area contributed by atoms with E-state index >= 15 is 0 Å². The summed E-state index contributed by atoms with van der Waals surface area (Å²) in [6.07, 6.45) is 2.12. The number of rotatable bonds is 4. The number of nitrogens with two attached hydrogens (primary N) is 1. The number of carbonyl (C=O) groups excluding carboxylic acids is 1. The maximum atomic E-state index is 12.9. The molecule has 1 fully saturated rings. The monoisotopic (exact) mass is 269 g/mol. The lowest BCUT2D eigenvalue weighted by Gasteiger charge is -2.15. The highest BCUT2D eigenvalue weighted by Crippen LogP contribution is 2.49. The van der Waals surface area contributed by atoms with E-state index < -0.39 is 0 Å². The number of ketones is 1. The smallest absolute Gasteiger partial charge is 0.147 e. The summed E-state index contributed by atoms with van der Waals surface area (Å²) < 4.78 is 12.9. The van der Waals surface area contributed by atoms with Crippen LogP contribution in [0, 0.1) is 5.82 Å². The SMILES string of the molecule is Nc1ccc(C2(C(=O)Cc3ccc(F)cc3)CC2)cc1. The van der Waals surface area contributed by atoms with Crippen LogP contribution in [0.3, 0.4) is 0 Å². The second kappa shape index (κ2) is 4.75. The van der Waals surface area contributed by atoms with Gasteiger partial charge in [-0.2, -0.15) is 0 Å². The highest BCUT2D eigenvalue weighted by Gasteiger charge is 2.50. The molecule has 0 saturated heterocycles. The van der Waals surface area contributed by atoms with Gasteiger partial charge in [0.1, 0.15) is 11.6 Å². The Morgan fingerprint density at radius 1 is 1.05 bits per heavy atom. The molecule has 0 radical (unpaired) electrons. The molecule has 20 heavy (non-hydrogen) atoms. The fourth-order valence-electron chi connectivity index (χ4n) is 2.61. The predicted molar refractivity (Wildman–Crippen MR) is 76.9 cm³/mol. The Balaban J connectivity index is 1.79. The summed E-state index contributed by atoms with van der Waals surface area (Å²) in [6.45, 7) is 0. The molecule has 1 aliphatic rings. The van der Waals surface area contributed by atoms with Crippen molar-refractivity contribution in [1.29, 1.82) is 0 Å². The third-order valence-electron chi connectivity index (χ3n) is 4.02. The first kappa shape index (κ1) is 12.9. The van der Waals surface area contributed by atoms with Crippen LogP contribution in [0.1, 0.15) is 24.0 Å². The summed E-state index contributed by atoms with van der Waals surface area (Å²) in [4.78, 5) is 12.5. The van der Waals surface area contributed by atoms with Crippen LogP contribution in [0.25, 0.3) is 0 Å². The maximum absolute atomic E-state index is 12.9. The molecule has 2 nitrogen and oxygen atoms in total. The Morgan fingerprint density at radius 2 is 1.65 bits per heavy atom. The summed E-state index contributed by atoms with van der Waals surface area (Å²) in [5.41, 5.74) is 7.94. The number of hydrogen-bond acceptors (Lipinski definition) is 2. The summed E-state index contributed by atoms with van der Waals surface area (Å²) in [6, 6.07) is 13.7. The van der Waals surface area contributed by atoms with Crippen LogP contribution in [0.15, 0.2) is 48.5 Å². The minimum Gasteiger partial charge on any atom is -0.399 e. The van der Waals surface area contributed by atoms with Gasteiger partial charge in [0.2, 0.25) is 0 Å². The standard InChI is InChI=1S/C17H16FNO/c18-14-5-1-12(2-6-14)11-16(20)17(9-10-17)13-3-7-15(19)8-4-13/h1-8H,9-11,19H2. The molecular formula is C17H16FNO. The van der Waals surface area contributed by atoms with E-state index in [1.807, 2.05) is 24.3 Å². The van der Waals surface area contributed by atoms with Crippen LogP contribution in [-0.4, -0.2) is 5.78 Å². The van der Waals surface area contributed by atoms with Crippen molar-refractivity contribution in [3.05, 3.63) is 65.5 Å². The van der Waals surface area contributed by atoms with Crippen molar-refractivity contribution in [2.45, 2.75) is 24.7 Å². The third kappa shape index (κ3) is 2.31. The quantitative estimate of drug-likeness (QED) is 0.866. The van der Waals surface area contributed by atoms with Crippen molar-refractivity contribution in [1.82, 2.24) is 0 Å². The van der Waals surface area contributed by atoms with Crippen molar-refractivity contribution in [3.8, 4) is 0 Å². The van der Waals surface area contributed by atoms with E-state index in [9.17, 15) is 9.18 Å². The van der Waals surface area contributed by atoms with Gasteiger partial charge in [-0.15, -0.1) is 0 Å². The van der Waals surface area contributed by atoms with E-state index in [2.05, 4.69) is 0 Å². The van der Waals surface area contributed by atoms with Gasteiger partial charge in [0.25, 0.3) is 0 Å². The zero-order chi connectivity index (χ0) is 14.2. The Hall–Kier alpha value is -2.16. The van der Waals surface area contributed by atoms with Crippen LogP contribution in [0.2, 0.25) is 0 Å². The predicted octanol–water partition coefficient (Wildman–Crippen LogP) is 3.25. The van der Waals surface area contributed by atoms with Gasteiger partial charge in [0.05, 0.1) is 5.41 Å². The average Bonchev–Trinajstić information content (AvgIpc) is 3.24. The topological polar surface area (TPSA) is 43.1 Å². The van der Waals surface area contributed by atoms with Gasteiger partial charge in [-0.25, -0.2) is 4.39 Å². The minimum absolute atomic E-state index is 0.203. The third-order valence-corrected chi connectivity index (χ3v) is 4.02. The molecule has 2 aromatic rings. The molecule has 0 amide bonds. The number of benzene rings is 2. The summed E-state index contributed by atoms with van der Waals surface area (Å²) in [5.74, 6) is -0.0743. The molecule has 0 unspecified atom stereocenters. The molecule has 0 aromatic heterocycles. The molecule has 1 aliphatic carbocycles. The van der Waals surface area contributed by atoms with Gasteiger partial charge in [-0.3, -0.25) is 4.79 Å². The van der Waals surface area contributed by atoms with Crippen LogP contribution < -0.4 is 5.73 Å². The van der Waals surface area contributed by atoms with E-state index in [4.69, 9.17) is 5.73 Å². The van der Waals surface area contributed by atoms with Crippen molar-refractivity contribution >= 4 is 11.5 Å². The number of carbonyl (C=O) groups is 1. The van der Waals surface area contributed by atoms with Gasteiger partial charge in [0, 0.05) is 12.1 Å². The molecule has 3 rings (SSSR count). The molecule has 1 saturated carbocycles. The van der Waals surface area contributed by atoms with Crippen molar-refractivity contribution < 1.29 is 9.18 Å². The second-order valence-corrected chi connectivity index (χ2v) is 5.43. The van der Waals surface area contributed by atoms with Crippen LogP contribution >= 0.6 is 0 Å². The molecule has 0 spiro atoms. The fraction of sp³-hybridized carbons (Fsp3) is 0.235. The Morgan fingerprint density at radius 3 is 2.20 bits per heavy atom. The molecule has 0 bridgehead atoms. The molecule has 0 atom stereocenters. The van der Waals surface area contributed by atoms with E-state index in [-0.39, 0.29) is 17.0 Å². The molecule has 0 aliphatic heterocycles. The van der Waals surface area contributed by atoms with Crippen LogP contribution in [0.4, 0.5) is 10.1 Å². The second-order valence-electron chi connectivity index (χ2n) is 5.43. The van der Waals surface area contributed by atoms with Gasteiger partial charge in [-0.05, 0) is 48.2 Å². The van der Waals surface area contributed by atoms with Gasteiger partial charge in [0.15, 0.2) is 0 Å². The number of hydrogen-bond donors (Lipinski definition) is 1. The van der Waals surface area contributed by atoms with Crippen molar-refractivity contribution in [2.75, 3.05) is 5.73 Å². The molecule has 2 N–H and O–H groups in total. The zero-order valence-corrected chi connectivity index (χ0v) is 11.1. The first-order valence-electron chi connectivity index (χ1n) is 6.74. The summed E-state index contributed by atoms with van der Waals surface area (Å²) in [7, 11) is 0. The molecule has 2 aromatic carbocycles. The van der Waals surface area contributed by atoms with E-state index in [0.29, 0.717) is 12.1 Å². The zero-order valence-electron chi connectivity index (χ0n) is 11.1. The number of Topliss-reactive ketones (excluding diaryl/α,β-unsaturated/α-hetero) is 1. The lowest BCUT2D eigenvalue weighted by Crippen LogP contribution is -2.22. The van der Waals surface area contributed by atoms with Crippen molar-refractivity contribution in [3.63, 3.8) is 0 Å². The van der Waals surface area contributed by atoms with Crippen LogP contribution in [0.5, 0.6) is 0 Å². The number of halogens is 1. The lowest BCUT2D eigenvalue weighted by atomic mass is 9.88. The van der Waals surface area contributed by atoms with E-state index in [1.165, 1.54) is 12.1 Å². The van der Waals surface area contributed by atoms with E-state index in [1.54, 1.807) is 12.1 Å². The average molecular weight is 269 g/mol. The van der Waals surface area contributed by atoms with Crippen molar-refractivity contribution in [2.24, 2.45) is 0 Å². The lowest BCUT2D eigenvalue weighted by molar-refractivity contribution is -0.120. The molecular weight excluding hydrogens is 253 g/mol. The number of anilines is 1. The Labute approximate surface area is 117 Å². The molecule has 0 heterocycles. The van der Waals surface area contributed by atoms with Gasteiger partial charge >= 0.3 is 0 Å². The maximum Gasteiger partial charge on any atom is 0.147 e.